The quantitative estimate of drug-likeness (QED) is 0.539. The minimum absolute atomic E-state index is 0.284. The summed E-state index contributed by atoms with van der Waals surface area (Å²) in [5, 5.41) is 2.54. The van der Waals surface area contributed by atoms with Crippen LogP contribution in [0.25, 0.3) is 0 Å². The fourth-order valence-corrected chi connectivity index (χ4v) is 3.12. The highest BCUT2D eigenvalue weighted by Crippen LogP contribution is 2.03. The first kappa shape index (κ1) is 9.01. The van der Waals surface area contributed by atoms with Crippen molar-refractivity contribution in [2.24, 2.45) is 0 Å². The van der Waals surface area contributed by atoms with Crippen molar-refractivity contribution in [3.05, 3.63) is 29.8 Å². The molecule has 0 amide bonds. The Balaban J connectivity index is 3.02. The Bertz CT molecular complexity index is 233. The van der Waals surface area contributed by atoms with Crippen LogP contribution in [0.5, 0.6) is 0 Å². The Morgan fingerprint density at radius 3 is 2.36 bits per heavy atom. The lowest BCUT2D eigenvalue weighted by Crippen LogP contribution is -2.25. The van der Waals surface area contributed by atoms with E-state index < -0.39 is 0 Å². The van der Waals surface area contributed by atoms with E-state index >= 15 is 0 Å². The van der Waals surface area contributed by atoms with Crippen LogP contribution in [0.2, 0.25) is 13.1 Å². The van der Waals surface area contributed by atoms with Crippen LogP contribution in [-0.4, -0.2) is 8.80 Å². The van der Waals surface area contributed by atoms with E-state index in [9.17, 15) is 0 Å². The highest BCUT2D eigenvalue weighted by molar-refractivity contribution is 9.08. The first-order chi connectivity index (χ1) is 5.25. The minimum Gasteiger partial charge on any atom is -0.0876 e. The first-order valence-corrected chi connectivity index (χ1v) is 7.32. The second-order valence-corrected chi connectivity index (χ2v) is 5.89. The fraction of sp³-hybridized carbons (Fsp3) is 0.333. The van der Waals surface area contributed by atoms with Crippen LogP contribution >= 0.6 is 15.9 Å². The van der Waals surface area contributed by atoms with Crippen molar-refractivity contribution >= 4 is 29.9 Å². The molecule has 2 heteroatoms. The van der Waals surface area contributed by atoms with E-state index in [-0.39, 0.29) is 8.80 Å². The van der Waals surface area contributed by atoms with Gasteiger partial charge in [0.25, 0.3) is 0 Å². The molecule has 1 aromatic rings. The third kappa shape index (κ3) is 2.17. The molecule has 0 aliphatic rings. The fourth-order valence-electron chi connectivity index (χ4n) is 1.12. The maximum atomic E-state index is 3.49. The number of rotatable bonds is 2. The van der Waals surface area contributed by atoms with Crippen molar-refractivity contribution in [3.8, 4) is 0 Å². The number of benzene rings is 1. The zero-order chi connectivity index (χ0) is 8.27. The number of halogens is 1. The maximum absolute atomic E-state index is 3.49. The molecule has 0 nitrogen and oxygen atoms in total. The summed E-state index contributed by atoms with van der Waals surface area (Å²) in [6, 6.07) is 8.66. The van der Waals surface area contributed by atoms with Crippen molar-refractivity contribution in [3.63, 3.8) is 0 Å². The lowest BCUT2D eigenvalue weighted by atomic mass is 10.2. The van der Waals surface area contributed by atoms with Gasteiger partial charge in [0.2, 0.25) is 0 Å². The second-order valence-electron chi connectivity index (χ2n) is 2.79. The summed E-state index contributed by atoms with van der Waals surface area (Å²) in [5.74, 6) is 0. The average Bonchev–Trinajstić information content (AvgIpc) is 2.04. The Morgan fingerprint density at radius 1 is 1.27 bits per heavy atom. The Morgan fingerprint density at radius 2 is 1.91 bits per heavy atom. The molecule has 0 saturated carbocycles. The molecule has 1 radical (unpaired) electrons. The van der Waals surface area contributed by atoms with Crippen molar-refractivity contribution in [2.45, 2.75) is 18.4 Å². The molecular formula is C9H12BrSi. The van der Waals surface area contributed by atoms with Gasteiger partial charge in [0.1, 0.15) is 0 Å². The van der Waals surface area contributed by atoms with E-state index in [0.29, 0.717) is 0 Å². The third-order valence-electron chi connectivity index (χ3n) is 1.70. The molecule has 0 fully saturated rings. The maximum Gasteiger partial charge on any atom is 0.0795 e. The van der Waals surface area contributed by atoms with Crippen molar-refractivity contribution in [1.82, 2.24) is 0 Å². The Labute approximate surface area is 78.4 Å². The van der Waals surface area contributed by atoms with Crippen LogP contribution < -0.4 is 5.19 Å². The summed E-state index contributed by atoms with van der Waals surface area (Å²) < 4.78 is 0. The monoisotopic (exact) mass is 227 g/mol. The standard InChI is InChI=1S/C9H12BrSi/c1-11(2)9-6-4-3-5-8(9)7-10/h3-6H,7H2,1-2H3. The largest absolute Gasteiger partial charge is 0.0876 e. The lowest BCUT2D eigenvalue weighted by Gasteiger charge is -2.07. The van der Waals surface area contributed by atoms with Crippen LogP contribution in [0.1, 0.15) is 5.56 Å². The van der Waals surface area contributed by atoms with Gasteiger partial charge in [-0.3, -0.25) is 0 Å². The predicted octanol–water partition coefficient (Wildman–Crippen LogP) is 2.54. The van der Waals surface area contributed by atoms with E-state index in [4.69, 9.17) is 0 Å². The molecule has 1 rings (SSSR count). The van der Waals surface area contributed by atoms with Crippen LogP contribution in [0, 0.1) is 0 Å². The van der Waals surface area contributed by atoms with Gasteiger partial charge in [0, 0.05) is 5.33 Å². The van der Waals surface area contributed by atoms with Crippen LogP contribution in [0.3, 0.4) is 0 Å². The molecule has 0 spiro atoms. The molecule has 0 bridgehead atoms. The van der Waals surface area contributed by atoms with Crippen molar-refractivity contribution in [2.75, 3.05) is 0 Å². The van der Waals surface area contributed by atoms with Crippen LogP contribution in [0.15, 0.2) is 24.3 Å². The summed E-state index contributed by atoms with van der Waals surface area (Å²) in [6.07, 6.45) is 0. The summed E-state index contributed by atoms with van der Waals surface area (Å²) in [6.45, 7) is 4.65. The molecule has 0 saturated heterocycles. The average molecular weight is 228 g/mol. The van der Waals surface area contributed by atoms with Gasteiger partial charge >= 0.3 is 0 Å². The van der Waals surface area contributed by atoms with E-state index in [1.807, 2.05) is 0 Å². The number of hydrogen-bond acceptors (Lipinski definition) is 0. The van der Waals surface area contributed by atoms with Gasteiger partial charge in [-0.1, -0.05) is 58.5 Å². The summed E-state index contributed by atoms with van der Waals surface area (Å²) in [7, 11) is -0.284. The van der Waals surface area contributed by atoms with Crippen LogP contribution in [-0.2, 0) is 5.33 Å². The topological polar surface area (TPSA) is 0 Å². The van der Waals surface area contributed by atoms with Gasteiger partial charge in [-0.05, 0) is 5.56 Å². The van der Waals surface area contributed by atoms with E-state index in [2.05, 4.69) is 53.3 Å². The summed E-state index contributed by atoms with van der Waals surface area (Å²) in [4.78, 5) is 0. The molecule has 0 aliphatic heterocycles. The SMILES string of the molecule is C[Si](C)c1ccccc1CBr. The molecule has 0 N–H and O–H groups in total. The molecule has 0 atom stereocenters. The zero-order valence-electron chi connectivity index (χ0n) is 6.89. The molecule has 0 aromatic heterocycles. The molecule has 0 unspecified atom stereocenters. The van der Waals surface area contributed by atoms with Crippen molar-refractivity contribution < 1.29 is 0 Å². The Kier molecular flexibility index (Phi) is 3.33. The van der Waals surface area contributed by atoms with Gasteiger partial charge < -0.3 is 0 Å². The smallest absolute Gasteiger partial charge is 0.0795 e. The van der Waals surface area contributed by atoms with Crippen molar-refractivity contribution in [1.29, 1.82) is 0 Å². The number of hydrogen-bond donors (Lipinski definition) is 0. The van der Waals surface area contributed by atoms with Crippen LogP contribution in [0.4, 0.5) is 0 Å². The predicted molar refractivity (Wildman–Crippen MR) is 56.2 cm³/mol. The lowest BCUT2D eigenvalue weighted by molar-refractivity contribution is 1.47. The van der Waals surface area contributed by atoms with E-state index in [1.54, 1.807) is 5.19 Å². The normalized spacial score (nSPS) is 10.5. The molecule has 0 heterocycles. The van der Waals surface area contributed by atoms with Gasteiger partial charge in [-0.15, -0.1) is 0 Å². The van der Waals surface area contributed by atoms with Gasteiger partial charge in [-0.25, -0.2) is 0 Å². The highest BCUT2D eigenvalue weighted by atomic mass is 79.9. The van der Waals surface area contributed by atoms with E-state index in [1.165, 1.54) is 5.56 Å². The summed E-state index contributed by atoms with van der Waals surface area (Å²) >= 11 is 3.49. The second kappa shape index (κ2) is 4.07. The Hall–Kier alpha value is -0.0831. The zero-order valence-corrected chi connectivity index (χ0v) is 9.48. The summed E-state index contributed by atoms with van der Waals surface area (Å²) in [5.41, 5.74) is 1.45. The van der Waals surface area contributed by atoms with Gasteiger partial charge in [0.15, 0.2) is 0 Å². The number of alkyl halides is 1. The first-order valence-electron chi connectivity index (χ1n) is 3.70. The van der Waals surface area contributed by atoms with Gasteiger partial charge in [0.05, 0.1) is 8.80 Å². The molecule has 0 aliphatic carbocycles. The molecular weight excluding hydrogens is 216 g/mol. The van der Waals surface area contributed by atoms with E-state index in [0.717, 1.165) is 5.33 Å². The molecule has 59 valence electrons. The molecule has 1 aromatic carbocycles. The highest BCUT2D eigenvalue weighted by Gasteiger charge is 2.04. The van der Waals surface area contributed by atoms with Gasteiger partial charge in [-0.2, -0.15) is 0 Å². The minimum atomic E-state index is -0.284. The molecule has 11 heavy (non-hydrogen) atoms. The third-order valence-corrected chi connectivity index (χ3v) is 3.87.